The fourth-order valence-electron chi connectivity index (χ4n) is 5.24. The molecule has 2 unspecified atom stereocenters. The lowest BCUT2D eigenvalue weighted by atomic mass is 10.0. The molecule has 0 bridgehead atoms. The normalized spacial score (nSPS) is 13.9. The van der Waals surface area contributed by atoms with Gasteiger partial charge >= 0.3 is 13.8 Å². The molecule has 0 fully saturated rings. The Morgan fingerprint density at radius 2 is 1.13 bits per heavy atom. The van der Waals surface area contributed by atoms with Crippen molar-refractivity contribution in [3.05, 3.63) is 24.3 Å². The third kappa shape index (κ3) is 36.1. The Morgan fingerprint density at radius 1 is 0.638 bits per heavy atom. The van der Waals surface area contributed by atoms with Gasteiger partial charge < -0.3 is 20.1 Å². The zero-order valence-corrected chi connectivity index (χ0v) is 31.4. The van der Waals surface area contributed by atoms with Gasteiger partial charge in [-0.25, -0.2) is 4.57 Å². The predicted molar refractivity (Wildman–Crippen MR) is 197 cm³/mol. The first kappa shape index (κ1) is 46.0. The molecule has 0 spiro atoms. The monoisotopic (exact) mass is 688 g/mol. The van der Waals surface area contributed by atoms with Gasteiger partial charge in [0.25, 0.3) is 0 Å². The number of carbonyl (C=O) groups excluding carboxylic acids is 1. The van der Waals surface area contributed by atoms with E-state index < -0.39 is 13.9 Å². The fourth-order valence-corrected chi connectivity index (χ4v) is 6.00. The number of phosphoric acid groups is 1. The molecule has 0 aliphatic carbocycles. The number of unbranched alkanes of at least 4 members (excludes halogenated alkanes) is 20. The van der Waals surface area contributed by atoms with Crippen molar-refractivity contribution in [2.24, 2.45) is 5.73 Å². The number of nitrogens with two attached hydrogens (primary N) is 1. The summed E-state index contributed by atoms with van der Waals surface area (Å²) in [6, 6.07) is 0. The molecule has 0 aromatic carbocycles. The van der Waals surface area contributed by atoms with Gasteiger partial charge in [-0.05, 0) is 44.9 Å². The van der Waals surface area contributed by atoms with E-state index >= 15 is 0 Å². The van der Waals surface area contributed by atoms with Crippen LogP contribution in [0.2, 0.25) is 0 Å². The first-order valence-corrected chi connectivity index (χ1v) is 20.8. The molecule has 3 N–H and O–H groups in total. The van der Waals surface area contributed by atoms with Gasteiger partial charge in [0.2, 0.25) is 0 Å². The van der Waals surface area contributed by atoms with Crippen molar-refractivity contribution in [3.63, 3.8) is 0 Å². The highest BCUT2D eigenvalue weighted by atomic mass is 31.2. The Balaban J connectivity index is 3.62. The van der Waals surface area contributed by atoms with Crippen molar-refractivity contribution in [1.82, 2.24) is 0 Å². The summed E-state index contributed by atoms with van der Waals surface area (Å²) in [5, 5.41) is 0. The summed E-state index contributed by atoms with van der Waals surface area (Å²) in [4.78, 5) is 21.8. The Kier molecular flexibility index (Phi) is 35.5. The van der Waals surface area contributed by atoms with E-state index in [0.29, 0.717) is 13.0 Å². The van der Waals surface area contributed by atoms with E-state index in [2.05, 4.69) is 31.2 Å². The summed E-state index contributed by atoms with van der Waals surface area (Å²) in [5.41, 5.74) is 5.30. The SMILES string of the molecule is CCCCCCC/C=C\C/C=C\CCCCCCCCCCCCCCCCOCC(COP(=O)(O)OCCN)OC(=O)CCCC. The van der Waals surface area contributed by atoms with Gasteiger partial charge in [0.15, 0.2) is 0 Å². The molecule has 0 radical (unpaired) electrons. The molecule has 0 aromatic rings. The maximum atomic E-state index is 12.1. The molecule has 0 heterocycles. The summed E-state index contributed by atoms with van der Waals surface area (Å²) in [6.07, 6.45) is 38.9. The van der Waals surface area contributed by atoms with Crippen LogP contribution in [0.5, 0.6) is 0 Å². The molecule has 9 heteroatoms. The molecule has 47 heavy (non-hydrogen) atoms. The van der Waals surface area contributed by atoms with Crippen molar-refractivity contribution >= 4 is 13.8 Å². The van der Waals surface area contributed by atoms with Crippen molar-refractivity contribution in [2.75, 3.05) is 33.0 Å². The topological polar surface area (TPSA) is 117 Å². The maximum Gasteiger partial charge on any atom is 0.472 e. The van der Waals surface area contributed by atoms with Gasteiger partial charge in [-0.2, -0.15) is 0 Å². The molecular formula is C38H74NO7P. The lowest BCUT2D eigenvalue weighted by molar-refractivity contribution is -0.154. The van der Waals surface area contributed by atoms with E-state index in [-0.39, 0.29) is 32.3 Å². The van der Waals surface area contributed by atoms with Gasteiger partial charge in [-0.15, -0.1) is 0 Å². The van der Waals surface area contributed by atoms with Crippen LogP contribution < -0.4 is 5.73 Å². The minimum Gasteiger partial charge on any atom is -0.457 e. The number of phosphoric ester groups is 1. The second kappa shape index (κ2) is 36.3. The first-order chi connectivity index (χ1) is 22.9. The Hall–Kier alpha value is -1.02. The minimum atomic E-state index is -4.24. The van der Waals surface area contributed by atoms with Gasteiger partial charge in [0, 0.05) is 19.6 Å². The summed E-state index contributed by atoms with van der Waals surface area (Å²) in [5.74, 6) is -0.365. The standard InChI is InChI=1S/C38H74NO7P/c1-3-5-7-8-9-10-11-12-13-14-15-16-17-18-19-20-21-22-23-24-25-26-27-28-29-30-33-43-35-37(46-38(40)31-6-4-2)36-45-47(41,42)44-34-32-39/h11-12,14-15,37H,3-10,13,16-36,39H2,1-2H3,(H,41,42)/b12-11-,15-14-. The largest absolute Gasteiger partial charge is 0.472 e. The van der Waals surface area contributed by atoms with Crippen molar-refractivity contribution in [3.8, 4) is 0 Å². The third-order valence-electron chi connectivity index (χ3n) is 8.12. The van der Waals surface area contributed by atoms with Crippen LogP contribution in [0.1, 0.15) is 174 Å². The van der Waals surface area contributed by atoms with Gasteiger partial charge in [0.05, 0.1) is 19.8 Å². The van der Waals surface area contributed by atoms with Gasteiger partial charge in [-0.3, -0.25) is 13.8 Å². The van der Waals surface area contributed by atoms with Crippen molar-refractivity contribution in [2.45, 2.75) is 180 Å². The molecule has 0 amide bonds. The summed E-state index contributed by atoms with van der Waals surface area (Å²) >= 11 is 0. The lowest BCUT2D eigenvalue weighted by Gasteiger charge is -2.20. The van der Waals surface area contributed by atoms with E-state index in [1.54, 1.807) is 0 Å². The number of hydrogen-bond acceptors (Lipinski definition) is 7. The molecule has 0 aliphatic heterocycles. The highest BCUT2D eigenvalue weighted by Gasteiger charge is 2.25. The van der Waals surface area contributed by atoms with E-state index in [4.69, 9.17) is 24.3 Å². The van der Waals surface area contributed by atoms with E-state index in [1.165, 1.54) is 122 Å². The van der Waals surface area contributed by atoms with Crippen LogP contribution in [0.25, 0.3) is 0 Å². The van der Waals surface area contributed by atoms with Crippen LogP contribution in [0.15, 0.2) is 24.3 Å². The molecule has 8 nitrogen and oxygen atoms in total. The summed E-state index contributed by atoms with van der Waals surface area (Å²) in [6.45, 7) is 4.66. The molecule has 0 aliphatic rings. The fraction of sp³-hybridized carbons (Fsp3) is 0.868. The second-order valence-corrected chi connectivity index (χ2v) is 14.2. The molecule has 0 aromatic heterocycles. The zero-order chi connectivity index (χ0) is 34.5. The Bertz CT molecular complexity index is 777. The molecule has 0 saturated heterocycles. The number of rotatable bonds is 37. The molecular weight excluding hydrogens is 613 g/mol. The van der Waals surface area contributed by atoms with Crippen molar-refractivity contribution < 1.29 is 32.8 Å². The molecule has 0 saturated carbocycles. The number of allylic oxidation sites excluding steroid dienone is 4. The van der Waals surface area contributed by atoms with E-state index in [1.807, 2.05) is 6.92 Å². The smallest absolute Gasteiger partial charge is 0.457 e. The van der Waals surface area contributed by atoms with Gasteiger partial charge in [-0.1, -0.05) is 147 Å². The highest BCUT2D eigenvalue weighted by molar-refractivity contribution is 7.47. The van der Waals surface area contributed by atoms with Crippen LogP contribution in [0, 0.1) is 0 Å². The van der Waals surface area contributed by atoms with Gasteiger partial charge in [0.1, 0.15) is 6.10 Å². The summed E-state index contributed by atoms with van der Waals surface area (Å²) < 4.78 is 32.8. The number of carbonyl (C=O) groups is 1. The number of hydrogen-bond donors (Lipinski definition) is 2. The predicted octanol–water partition coefficient (Wildman–Crippen LogP) is 10.9. The second-order valence-electron chi connectivity index (χ2n) is 12.8. The Morgan fingerprint density at radius 3 is 1.64 bits per heavy atom. The Labute approximate surface area is 289 Å². The lowest BCUT2D eigenvalue weighted by Crippen LogP contribution is -2.28. The maximum absolute atomic E-state index is 12.1. The van der Waals surface area contributed by atoms with Crippen LogP contribution in [0.4, 0.5) is 0 Å². The molecule has 0 rings (SSSR count). The van der Waals surface area contributed by atoms with Crippen LogP contribution in [0.3, 0.4) is 0 Å². The first-order valence-electron chi connectivity index (χ1n) is 19.3. The number of esters is 1. The average molecular weight is 688 g/mol. The zero-order valence-electron chi connectivity index (χ0n) is 30.5. The average Bonchev–Trinajstić information content (AvgIpc) is 3.06. The molecule has 2 atom stereocenters. The van der Waals surface area contributed by atoms with Crippen LogP contribution in [-0.4, -0.2) is 49.9 Å². The van der Waals surface area contributed by atoms with E-state index in [9.17, 15) is 14.3 Å². The van der Waals surface area contributed by atoms with Crippen molar-refractivity contribution in [1.29, 1.82) is 0 Å². The highest BCUT2D eigenvalue weighted by Crippen LogP contribution is 2.43. The number of ether oxygens (including phenoxy) is 2. The third-order valence-corrected chi connectivity index (χ3v) is 9.11. The van der Waals surface area contributed by atoms with Crippen LogP contribution >= 0.6 is 7.82 Å². The minimum absolute atomic E-state index is 0.0952. The van der Waals surface area contributed by atoms with E-state index in [0.717, 1.165) is 32.1 Å². The quantitative estimate of drug-likeness (QED) is 0.0287. The van der Waals surface area contributed by atoms with Crippen LogP contribution in [-0.2, 0) is 27.9 Å². The summed E-state index contributed by atoms with van der Waals surface area (Å²) in [7, 11) is -4.24. The molecule has 278 valence electrons.